The molecule has 0 aliphatic carbocycles. The van der Waals surface area contributed by atoms with Crippen LogP contribution in [0.1, 0.15) is 29.0 Å². The van der Waals surface area contributed by atoms with Crippen molar-refractivity contribution in [2.24, 2.45) is 0 Å². The molecule has 2 aliphatic rings. The summed E-state index contributed by atoms with van der Waals surface area (Å²) in [5, 5.41) is 14.2. The van der Waals surface area contributed by atoms with Gasteiger partial charge in [0.15, 0.2) is 0 Å². The van der Waals surface area contributed by atoms with Gasteiger partial charge < -0.3 is 34.3 Å². The summed E-state index contributed by atoms with van der Waals surface area (Å²) in [5.74, 6) is 2.36. The first-order valence-electron chi connectivity index (χ1n) is 13.4. The predicted octanol–water partition coefficient (Wildman–Crippen LogP) is 4.66. The summed E-state index contributed by atoms with van der Waals surface area (Å²) in [7, 11) is 1.74. The van der Waals surface area contributed by atoms with E-state index in [1.54, 1.807) is 7.11 Å². The third-order valence-electron chi connectivity index (χ3n) is 7.26. The lowest BCUT2D eigenvalue weighted by molar-refractivity contribution is -0.0328. The van der Waals surface area contributed by atoms with E-state index in [1.807, 2.05) is 54.6 Å². The molecule has 3 unspecified atom stereocenters. The molecule has 0 radical (unpaired) electrons. The van der Waals surface area contributed by atoms with Crippen LogP contribution in [0.2, 0.25) is 0 Å². The highest BCUT2D eigenvalue weighted by Crippen LogP contribution is 2.34. The van der Waals surface area contributed by atoms with E-state index in [0.717, 1.165) is 60.2 Å². The molecule has 3 aromatic carbocycles. The predicted molar refractivity (Wildman–Crippen MR) is 149 cm³/mol. The molecular formula is C31H38N2O5. The number of fused-ring (bicyclic) bond motifs is 1. The molecule has 2 heterocycles. The average Bonchev–Trinajstić information content (AvgIpc) is 2.94. The van der Waals surface area contributed by atoms with E-state index in [0.29, 0.717) is 26.3 Å². The summed E-state index contributed by atoms with van der Waals surface area (Å²) in [6.07, 6.45) is 0.275. The van der Waals surface area contributed by atoms with E-state index in [9.17, 15) is 5.11 Å². The first-order valence-corrected chi connectivity index (χ1v) is 13.4. The number of ether oxygens (including phenoxy) is 4. The Morgan fingerprint density at radius 3 is 2.53 bits per heavy atom. The summed E-state index contributed by atoms with van der Waals surface area (Å²) >= 11 is 0. The van der Waals surface area contributed by atoms with Crippen LogP contribution in [0.25, 0.3) is 0 Å². The standard InChI is InChI=1S/C31H38N2O5/c1-22-4-9-25(10-5-22)38-26-11-7-24(8-12-26)31-28(34)19-32-20-30(31)37-21-23-6-13-29-27(18-23)33(15-17-36-29)14-3-16-35-2/h4-13,18,28,30-32,34H,3,14-17,19-21H2,1-2H3. The highest BCUT2D eigenvalue weighted by Gasteiger charge is 2.34. The Morgan fingerprint density at radius 2 is 1.76 bits per heavy atom. The second-order valence-electron chi connectivity index (χ2n) is 10.1. The van der Waals surface area contributed by atoms with E-state index in [4.69, 9.17) is 18.9 Å². The fourth-order valence-electron chi connectivity index (χ4n) is 5.22. The van der Waals surface area contributed by atoms with Gasteiger partial charge in [-0.15, -0.1) is 0 Å². The zero-order valence-electron chi connectivity index (χ0n) is 22.3. The number of rotatable bonds is 10. The van der Waals surface area contributed by atoms with Gasteiger partial charge in [-0.3, -0.25) is 0 Å². The number of hydrogen-bond acceptors (Lipinski definition) is 7. The first kappa shape index (κ1) is 26.5. The summed E-state index contributed by atoms with van der Waals surface area (Å²) in [6, 6.07) is 22.3. The Labute approximate surface area is 225 Å². The summed E-state index contributed by atoms with van der Waals surface area (Å²) < 4.78 is 23.5. The van der Waals surface area contributed by atoms with Crippen LogP contribution >= 0.6 is 0 Å². The van der Waals surface area contributed by atoms with Crippen molar-refractivity contribution in [3.05, 3.63) is 83.4 Å². The Bertz CT molecular complexity index is 1170. The molecule has 7 heteroatoms. The number of anilines is 1. The topological polar surface area (TPSA) is 72.4 Å². The molecule has 0 amide bonds. The van der Waals surface area contributed by atoms with Gasteiger partial charge in [0, 0.05) is 39.3 Å². The Kier molecular flexibility index (Phi) is 8.81. The van der Waals surface area contributed by atoms with Crippen LogP contribution in [0.15, 0.2) is 66.7 Å². The van der Waals surface area contributed by atoms with Gasteiger partial charge in [0.05, 0.1) is 31.0 Å². The van der Waals surface area contributed by atoms with Gasteiger partial charge in [-0.05, 0) is 60.9 Å². The molecule has 1 saturated heterocycles. The number of nitrogens with one attached hydrogen (secondary N) is 1. The fourth-order valence-corrected chi connectivity index (χ4v) is 5.22. The maximum absolute atomic E-state index is 10.9. The van der Waals surface area contributed by atoms with E-state index in [1.165, 1.54) is 5.56 Å². The minimum Gasteiger partial charge on any atom is -0.490 e. The molecular weight excluding hydrogens is 480 g/mol. The van der Waals surface area contributed by atoms with Crippen molar-refractivity contribution in [2.75, 3.05) is 51.4 Å². The molecule has 0 aromatic heterocycles. The van der Waals surface area contributed by atoms with Crippen LogP contribution in [0.5, 0.6) is 17.2 Å². The number of aryl methyl sites for hydroxylation is 1. The van der Waals surface area contributed by atoms with Crippen LogP contribution in [-0.2, 0) is 16.1 Å². The van der Waals surface area contributed by atoms with Crippen molar-refractivity contribution < 1.29 is 24.1 Å². The van der Waals surface area contributed by atoms with Crippen LogP contribution in [-0.4, -0.2) is 63.8 Å². The zero-order chi connectivity index (χ0) is 26.3. The highest BCUT2D eigenvalue weighted by atomic mass is 16.5. The van der Waals surface area contributed by atoms with Crippen molar-refractivity contribution in [1.82, 2.24) is 5.32 Å². The maximum Gasteiger partial charge on any atom is 0.142 e. The molecule has 38 heavy (non-hydrogen) atoms. The SMILES string of the molecule is COCCCN1CCOc2ccc(COC3CNCC(O)C3c3ccc(Oc4ccc(C)cc4)cc3)cc21. The molecule has 0 spiro atoms. The molecule has 0 bridgehead atoms. The fraction of sp³-hybridized carbons (Fsp3) is 0.419. The van der Waals surface area contributed by atoms with Crippen molar-refractivity contribution in [3.8, 4) is 17.2 Å². The van der Waals surface area contributed by atoms with Gasteiger partial charge in [0.25, 0.3) is 0 Å². The molecule has 2 N–H and O–H groups in total. The van der Waals surface area contributed by atoms with Crippen LogP contribution in [0.4, 0.5) is 5.69 Å². The molecule has 5 rings (SSSR count). The Balaban J connectivity index is 1.25. The lowest BCUT2D eigenvalue weighted by Gasteiger charge is -2.36. The van der Waals surface area contributed by atoms with Gasteiger partial charge in [-0.2, -0.15) is 0 Å². The summed E-state index contributed by atoms with van der Waals surface area (Å²) in [5.41, 5.74) is 4.44. The first-order chi connectivity index (χ1) is 18.6. The minimum absolute atomic E-state index is 0.129. The molecule has 3 aromatic rings. The third-order valence-corrected chi connectivity index (χ3v) is 7.26. The third kappa shape index (κ3) is 6.48. The van der Waals surface area contributed by atoms with Crippen molar-refractivity contribution in [3.63, 3.8) is 0 Å². The summed E-state index contributed by atoms with van der Waals surface area (Å²) in [6.45, 7) is 6.97. The van der Waals surface area contributed by atoms with E-state index >= 15 is 0 Å². The number of piperidine rings is 1. The number of benzene rings is 3. The monoisotopic (exact) mass is 518 g/mol. The Hall–Kier alpha value is -3.10. The lowest BCUT2D eigenvalue weighted by Crippen LogP contribution is -2.49. The van der Waals surface area contributed by atoms with Gasteiger partial charge >= 0.3 is 0 Å². The van der Waals surface area contributed by atoms with Crippen molar-refractivity contribution >= 4 is 5.69 Å². The van der Waals surface area contributed by atoms with Crippen LogP contribution in [0.3, 0.4) is 0 Å². The molecule has 7 nitrogen and oxygen atoms in total. The molecule has 1 fully saturated rings. The number of β-amino-alcohol motifs (C(OH)–C–C–N with tert-alkyl or cyclic N) is 1. The maximum atomic E-state index is 10.9. The second kappa shape index (κ2) is 12.6. The largest absolute Gasteiger partial charge is 0.490 e. The van der Waals surface area contributed by atoms with Crippen molar-refractivity contribution in [2.45, 2.75) is 38.1 Å². The average molecular weight is 519 g/mol. The molecule has 202 valence electrons. The normalized spacial score (nSPS) is 21.0. The lowest BCUT2D eigenvalue weighted by atomic mass is 9.85. The number of aliphatic hydroxyl groups excluding tert-OH is 1. The van der Waals surface area contributed by atoms with E-state index in [2.05, 4.69) is 29.3 Å². The minimum atomic E-state index is -0.536. The molecule has 0 saturated carbocycles. The second-order valence-corrected chi connectivity index (χ2v) is 10.1. The summed E-state index contributed by atoms with van der Waals surface area (Å²) in [4.78, 5) is 2.36. The van der Waals surface area contributed by atoms with E-state index in [-0.39, 0.29) is 12.0 Å². The van der Waals surface area contributed by atoms with E-state index < -0.39 is 6.10 Å². The van der Waals surface area contributed by atoms with Crippen molar-refractivity contribution in [1.29, 1.82) is 0 Å². The van der Waals surface area contributed by atoms with Gasteiger partial charge in [-0.1, -0.05) is 35.9 Å². The highest BCUT2D eigenvalue weighted by molar-refractivity contribution is 5.61. The quantitative estimate of drug-likeness (QED) is 0.379. The molecule has 3 atom stereocenters. The zero-order valence-corrected chi connectivity index (χ0v) is 22.3. The number of nitrogens with zero attached hydrogens (tertiary/aromatic N) is 1. The Morgan fingerprint density at radius 1 is 1.00 bits per heavy atom. The number of hydrogen-bond donors (Lipinski definition) is 2. The smallest absolute Gasteiger partial charge is 0.142 e. The van der Waals surface area contributed by atoms with Crippen LogP contribution < -0.4 is 19.7 Å². The van der Waals surface area contributed by atoms with Gasteiger partial charge in [0.2, 0.25) is 0 Å². The number of methoxy groups -OCH3 is 1. The number of aliphatic hydroxyl groups is 1. The van der Waals surface area contributed by atoms with Gasteiger partial charge in [0.1, 0.15) is 23.9 Å². The molecule has 2 aliphatic heterocycles. The van der Waals surface area contributed by atoms with Crippen LogP contribution in [0, 0.1) is 6.92 Å². The van der Waals surface area contributed by atoms with Gasteiger partial charge in [-0.25, -0.2) is 0 Å².